The summed E-state index contributed by atoms with van der Waals surface area (Å²) >= 11 is 3.39. The average molecular weight is 347 g/mol. The first kappa shape index (κ1) is 15.6. The maximum Gasteiger partial charge on any atom is 0.253 e. The van der Waals surface area contributed by atoms with Crippen LogP contribution in [0, 0.1) is 6.92 Å². The number of hydrogen-bond donors (Lipinski definition) is 1. The van der Waals surface area contributed by atoms with Crippen molar-refractivity contribution in [2.45, 2.75) is 13.3 Å². The number of carbonyl (C=O) groups is 1. The van der Waals surface area contributed by atoms with Crippen LogP contribution in [0.25, 0.3) is 0 Å². The lowest BCUT2D eigenvalue weighted by Gasteiger charge is -2.19. The fraction of sp³-hybridized carbons (Fsp3) is 0.235. The van der Waals surface area contributed by atoms with Gasteiger partial charge in [0.25, 0.3) is 5.91 Å². The third kappa shape index (κ3) is 3.85. The maximum atomic E-state index is 12.5. The summed E-state index contributed by atoms with van der Waals surface area (Å²) in [7, 11) is 1.82. The first-order valence-electron chi connectivity index (χ1n) is 6.84. The van der Waals surface area contributed by atoms with Gasteiger partial charge in [-0.2, -0.15) is 0 Å². The van der Waals surface area contributed by atoms with Crippen molar-refractivity contribution in [3.63, 3.8) is 0 Å². The smallest absolute Gasteiger partial charge is 0.253 e. The van der Waals surface area contributed by atoms with E-state index in [-0.39, 0.29) is 5.91 Å². The molecule has 110 valence electrons. The van der Waals surface area contributed by atoms with Gasteiger partial charge in [-0.05, 0) is 36.6 Å². The number of benzene rings is 2. The Hall–Kier alpha value is -1.81. The molecule has 0 aliphatic rings. The highest BCUT2D eigenvalue weighted by Crippen LogP contribution is 2.23. The van der Waals surface area contributed by atoms with E-state index in [1.165, 1.54) is 5.56 Å². The maximum absolute atomic E-state index is 12.5. The second-order valence-electron chi connectivity index (χ2n) is 5.13. The normalized spacial score (nSPS) is 10.4. The van der Waals surface area contributed by atoms with Gasteiger partial charge in [-0.3, -0.25) is 4.79 Å². The minimum absolute atomic E-state index is 0.00330. The highest BCUT2D eigenvalue weighted by atomic mass is 79.9. The molecule has 0 aliphatic carbocycles. The Morgan fingerprint density at radius 3 is 2.57 bits per heavy atom. The molecule has 0 saturated heterocycles. The molecule has 21 heavy (non-hydrogen) atoms. The first-order valence-corrected chi connectivity index (χ1v) is 7.63. The van der Waals surface area contributed by atoms with Crippen molar-refractivity contribution in [2.24, 2.45) is 0 Å². The minimum Gasteiger partial charge on any atom is -0.398 e. The van der Waals surface area contributed by atoms with Crippen molar-refractivity contribution in [1.29, 1.82) is 0 Å². The van der Waals surface area contributed by atoms with Gasteiger partial charge in [0.1, 0.15) is 0 Å². The van der Waals surface area contributed by atoms with Crippen LogP contribution in [0.5, 0.6) is 0 Å². The molecular weight excluding hydrogens is 328 g/mol. The molecule has 0 heterocycles. The van der Waals surface area contributed by atoms with E-state index < -0.39 is 0 Å². The number of amides is 1. The molecule has 0 saturated carbocycles. The van der Waals surface area contributed by atoms with E-state index in [1.807, 2.05) is 44.3 Å². The predicted octanol–water partition coefficient (Wildman–Crippen LogP) is 3.65. The van der Waals surface area contributed by atoms with Crippen LogP contribution < -0.4 is 5.73 Å². The zero-order chi connectivity index (χ0) is 15.4. The number of anilines is 1. The summed E-state index contributed by atoms with van der Waals surface area (Å²) in [4.78, 5) is 14.3. The van der Waals surface area contributed by atoms with E-state index in [9.17, 15) is 4.79 Å². The van der Waals surface area contributed by atoms with E-state index in [4.69, 9.17) is 5.73 Å². The highest BCUT2D eigenvalue weighted by molar-refractivity contribution is 9.10. The average Bonchev–Trinajstić information content (AvgIpc) is 2.48. The molecule has 0 spiro atoms. The lowest BCUT2D eigenvalue weighted by Crippen LogP contribution is -2.29. The molecule has 4 heteroatoms. The van der Waals surface area contributed by atoms with E-state index in [0.29, 0.717) is 17.8 Å². The van der Waals surface area contributed by atoms with Crippen LogP contribution in [0.3, 0.4) is 0 Å². The van der Waals surface area contributed by atoms with Crippen LogP contribution in [0.2, 0.25) is 0 Å². The molecule has 2 N–H and O–H groups in total. The van der Waals surface area contributed by atoms with E-state index in [1.54, 1.807) is 4.90 Å². The second kappa shape index (κ2) is 6.76. The van der Waals surface area contributed by atoms with E-state index in [2.05, 4.69) is 28.1 Å². The van der Waals surface area contributed by atoms with Crippen LogP contribution in [-0.2, 0) is 6.42 Å². The van der Waals surface area contributed by atoms with Gasteiger partial charge >= 0.3 is 0 Å². The number of halogens is 1. The molecule has 0 aromatic heterocycles. The van der Waals surface area contributed by atoms with Crippen molar-refractivity contribution in [3.05, 3.63) is 63.6 Å². The molecule has 2 aromatic rings. The Bertz CT molecular complexity index is 641. The molecule has 0 aliphatic heterocycles. The highest BCUT2D eigenvalue weighted by Gasteiger charge is 2.16. The van der Waals surface area contributed by atoms with Crippen molar-refractivity contribution in [2.75, 3.05) is 19.3 Å². The van der Waals surface area contributed by atoms with Crippen molar-refractivity contribution in [3.8, 4) is 0 Å². The van der Waals surface area contributed by atoms with Gasteiger partial charge in [-0.15, -0.1) is 0 Å². The topological polar surface area (TPSA) is 46.3 Å². The number of hydrogen-bond acceptors (Lipinski definition) is 2. The Morgan fingerprint density at radius 2 is 1.90 bits per heavy atom. The molecule has 2 rings (SSSR count). The molecule has 0 atom stereocenters. The number of nitrogens with zero attached hydrogens (tertiary/aromatic N) is 1. The molecule has 0 bridgehead atoms. The van der Waals surface area contributed by atoms with Gasteiger partial charge < -0.3 is 10.6 Å². The number of nitrogens with two attached hydrogens (primary N) is 1. The minimum atomic E-state index is -0.00330. The van der Waals surface area contributed by atoms with Crippen LogP contribution in [0.15, 0.2) is 46.9 Å². The first-order chi connectivity index (χ1) is 9.99. The fourth-order valence-corrected chi connectivity index (χ4v) is 2.65. The van der Waals surface area contributed by atoms with Gasteiger partial charge in [0.05, 0.1) is 0 Å². The second-order valence-corrected chi connectivity index (χ2v) is 6.05. The summed E-state index contributed by atoms with van der Waals surface area (Å²) in [6.07, 6.45) is 0.839. The number of carbonyl (C=O) groups excluding carboxylic acids is 1. The van der Waals surface area contributed by atoms with Gasteiger partial charge in [0, 0.05) is 29.3 Å². The summed E-state index contributed by atoms with van der Waals surface area (Å²) in [5, 5.41) is 0. The quantitative estimate of drug-likeness (QED) is 0.858. The SMILES string of the molecule is Cc1c(N)cc(Br)cc1C(=O)N(C)CCc1ccccc1. The van der Waals surface area contributed by atoms with Gasteiger partial charge in [0.2, 0.25) is 0 Å². The molecule has 0 radical (unpaired) electrons. The van der Waals surface area contributed by atoms with Crippen molar-refractivity contribution >= 4 is 27.5 Å². The molecule has 0 unspecified atom stereocenters. The van der Waals surface area contributed by atoms with Crippen molar-refractivity contribution in [1.82, 2.24) is 4.90 Å². The zero-order valence-electron chi connectivity index (χ0n) is 12.3. The van der Waals surface area contributed by atoms with Gasteiger partial charge in [-0.25, -0.2) is 0 Å². The Balaban J connectivity index is 2.09. The number of nitrogen functional groups attached to an aromatic ring is 1. The van der Waals surface area contributed by atoms with Gasteiger partial charge in [0.15, 0.2) is 0 Å². The Kier molecular flexibility index (Phi) is 5.02. The van der Waals surface area contributed by atoms with Crippen LogP contribution in [0.1, 0.15) is 21.5 Å². The lowest BCUT2D eigenvalue weighted by molar-refractivity contribution is 0.0796. The van der Waals surface area contributed by atoms with E-state index >= 15 is 0 Å². The number of likely N-dealkylation sites (N-methyl/N-ethyl adjacent to an activating group) is 1. The van der Waals surface area contributed by atoms with E-state index in [0.717, 1.165) is 16.5 Å². The van der Waals surface area contributed by atoms with Crippen molar-refractivity contribution < 1.29 is 4.79 Å². The monoisotopic (exact) mass is 346 g/mol. The summed E-state index contributed by atoms with van der Waals surface area (Å²) in [6.45, 7) is 2.55. The fourth-order valence-electron chi connectivity index (χ4n) is 2.17. The standard InChI is InChI=1S/C17H19BrN2O/c1-12-15(10-14(18)11-16(12)19)17(21)20(2)9-8-13-6-4-3-5-7-13/h3-7,10-11H,8-9,19H2,1-2H3. The molecule has 1 amide bonds. The third-order valence-electron chi connectivity index (χ3n) is 3.57. The summed E-state index contributed by atoms with van der Waals surface area (Å²) < 4.78 is 0.824. The molecular formula is C17H19BrN2O. The van der Waals surface area contributed by atoms with Gasteiger partial charge in [-0.1, -0.05) is 46.3 Å². The summed E-state index contributed by atoms with van der Waals surface area (Å²) in [6, 6.07) is 13.8. The van der Waals surface area contributed by atoms with Crippen LogP contribution >= 0.6 is 15.9 Å². The van der Waals surface area contributed by atoms with Crippen LogP contribution in [0.4, 0.5) is 5.69 Å². The Morgan fingerprint density at radius 1 is 1.24 bits per heavy atom. The Labute approximate surface area is 133 Å². The third-order valence-corrected chi connectivity index (χ3v) is 4.03. The predicted molar refractivity (Wildman–Crippen MR) is 90.4 cm³/mol. The van der Waals surface area contributed by atoms with Crippen LogP contribution in [-0.4, -0.2) is 24.4 Å². The molecule has 3 nitrogen and oxygen atoms in total. The lowest BCUT2D eigenvalue weighted by atomic mass is 10.1. The molecule has 0 fully saturated rings. The zero-order valence-corrected chi connectivity index (χ0v) is 13.9. The number of rotatable bonds is 4. The molecule has 2 aromatic carbocycles. The largest absolute Gasteiger partial charge is 0.398 e. The summed E-state index contributed by atoms with van der Waals surface area (Å²) in [5.41, 5.74) is 9.26. The summed E-state index contributed by atoms with van der Waals surface area (Å²) in [5.74, 6) is -0.00330.